The van der Waals surface area contributed by atoms with Crippen molar-refractivity contribution in [3.63, 3.8) is 0 Å². The third-order valence-electron chi connectivity index (χ3n) is 3.96. The molecule has 0 aromatic carbocycles. The highest BCUT2D eigenvalue weighted by Crippen LogP contribution is 2.26. The van der Waals surface area contributed by atoms with Crippen molar-refractivity contribution < 1.29 is 9.53 Å². The van der Waals surface area contributed by atoms with Gasteiger partial charge in [-0.05, 0) is 18.4 Å². The molecule has 0 spiro atoms. The topological polar surface area (TPSA) is 72.3 Å². The number of aromatic nitrogens is 3. The number of thiophene rings is 1. The zero-order valence-corrected chi connectivity index (χ0v) is 15.9. The van der Waals surface area contributed by atoms with E-state index in [9.17, 15) is 4.79 Å². The molecule has 3 heterocycles. The Labute approximate surface area is 155 Å². The number of rotatable bonds is 8. The van der Waals surface area contributed by atoms with E-state index in [0.29, 0.717) is 12.3 Å². The van der Waals surface area contributed by atoms with Crippen molar-refractivity contribution in [2.45, 2.75) is 18.6 Å². The van der Waals surface area contributed by atoms with Gasteiger partial charge in [-0.2, -0.15) is 0 Å². The third kappa shape index (κ3) is 5.04. The number of carbonyl (C=O) groups is 1. The number of morpholine rings is 1. The molecule has 0 atom stereocenters. The second-order valence-corrected chi connectivity index (χ2v) is 7.51. The van der Waals surface area contributed by atoms with Gasteiger partial charge < -0.3 is 14.6 Å². The molecule has 1 N–H and O–H groups in total. The monoisotopic (exact) mass is 381 g/mol. The minimum atomic E-state index is 0.0292. The van der Waals surface area contributed by atoms with Crippen molar-refractivity contribution in [1.29, 1.82) is 0 Å². The molecule has 0 bridgehead atoms. The molecular weight excluding hydrogens is 358 g/mol. The summed E-state index contributed by atoms with van der Waals surface area (Å²) in [6.45, 7) is 7.82. The van der Waals surface area contributed by atoms with Crippen molar-refractivity contribution in [1.82, 2.24) is 25.0 Å². The van der Waals surface area contributed by atoms with E-state index < -0.39 is 0 Å². The Morgan fingerprint density at radius 3 is 2.96 bits per heavy atom. The average molecular weight is 382 g/mol. The number of hydrogen-bond acceptors (Lipinski definition) is 7. The summed E-state index contributed by atoms with van der Waals surface area (Å²) in [6.07, 6.45) is 0. The number of amides is 1. The normalized spacial score (nSPS) is 15.4. The second-order valence-electron chi connectivity index (χ2n) is 5.62. The predicted octanol–water partition coefficient (Wildman–Crippen LogP) is 1.57. The summed E-state index contributed by atoms with van der Waals surface area (Å²) in [5.74, 6) is 1.25. The number of nitrogens with zero attached hydrogens (tertiary/aromatic N) is 4. The van der Waals surface area contributed by atoms with Gasteiger partial charge in [-0.1, -0.05) is 17.8 Å². The van der Waals surface area contributed by atoms with Crippen LogP contribution in [-0.4, -0.2) is 70.7 Å². The maximum Gasteiger partial charge on any atom is 0.230 e. The molecule has 3 rings (SSSR count). The van der Waals surface area contributed by atoms with Crippen LogP contribution in [0.2, 0.25) is 0 Å². The first-order valence-corrected chi connectivity index (χ1v) is 10.3. The van der Waals surface area contributed by atoms with Crippen molar-refractivity contribution in [2.75, 3.05) is 45.1 Å². The van der Waals surface area contributed by atoms with Gasteiger partial charge in [0.25, 0.3) is 0 Å². The second kappa shape index (κ2) is 9.33. The first kappa shape index (κ1) is 18.4. The van der Waals surface area contributed by atoms with E-state index in [1.165, 1.54) is 11.8 Å². The average Bonchev–Trinajstić information content (AvgIpc) is 3.30. The van der Waals surface area contributed by atoms with Crippen LogP contribution in [0.4, 0.5) is 0 Å². The zero-order valence-electron chi connectivity index (χ0n) is 14.3. The van der Waals surface area contributed by atoms with E-state index in [-0.39, 0.29) is 5.91 Å². The fraction of sp³-hybridized carbons (Fsp3) is 0.562. The van der Waals surface area contributed by atoms with Crippen LogP contribution in [-0.2, 0) is 16.1 Å². The summed E-state index contributed by atoms with van der Waals surface area (Å²) < 4.78 is 7.37. The number of nitrogens with one attached hydrogen (secondary N) is 1. The largest absolute Gasteiger partial charge is 0.379 e. The van der Waals surface area contributed by atoms with Crippen molar-refractivity contribution in [2.24, 2.45) is 0 Å². The van der Waals surface area contributed by atoms with Crippen LogP contribution in [0.25, 0.3) is 10.7 Å². The zero-order chi connectivity index (χ0) is 17.5. The van der Waals surface area contributed by atoms with Crippen molar-refractivity contribution in [3.8, 4) is 10.7 Å². The lowest BCUT2D eigenvalue weighted by atomic mass is 10.4. The van der Waals surface area contributed by atoms with Crippen LogP contribution in [0.1, 0.15) is 6.92 Å². The van der Waals surface area contributed by atoms with E-state index in [1.807, 2.05) is 17.5 Å². The Morgan fingerprint density at radius 2 is 2.24 bits per heavy atom. The van der Waals surface area contributed by atoms with Gasteiger partial charge in [-0.25, -0.2) is 0 Å². The molecule has 1 aliphatic rings. The molecule has 2 aromatic heterocycles. The van der Waals surface area contributed by atoms with Gasteiger partial charge in [-0.15, -0.1) is 21.5 Å². The van der Waals surface area contributed by atoms with Crippen LogP contribution >= 0.6 is 23.1 Å². The van der Waals surface area contributed by atoms with Crippen molar-refractivity contribution in [3.05, 3.63) is 17.5 Å². The minimum absolute atomic E-state index is 0.0292. The van der Waals surface area contributed by atoms with Crippen LogP contribution in [0.3, 0.4) is 0 Å². The lowest BCUT2D eigenvalue weighted by molar-refractivity contribution is -0.118. The molecule has 0 radical (unpaired) electrons. The summed E-state index contributed by atoms with van der Waals surface area (Å²) in [5, 5.41) is 14.3. The number of thioether (sulfide) groups is 1. The van der Waals surface area contributed by atoms with Gasteiger partial charge in [0.15, 0.2) is 11.0 Å². The summed E-state index contributed by atoms with van der Waals surface area (Å²) in [6, 6.07) is 4.04. The van der Waals surface area contributed by atoms with Gasteiger partial charge in [0.1, 0.15) is 0 Å². The molecule has 0 unspecified atom stereocenters. The Balaban J connectivity index is 1.45. The summed E-state index contributed by atoms with van der Waals surface area (Å²) in [5.41, 5.74) is 0. The molecule has 7 nitrogen and oxygen atoms in total. The summed E-state index contributed by atoms with van der Waals surface area (Å²) in [4.78, 5) is 15.5. The SMILES string of the molecule is CCn1c(SCC(=O)NCCN2CCOCC2)nnc1-c1cccs1. The van der Waals surface area contributed by atoms with Crippen molar-refractivity contribution >= 4 is 29.0 Å². The highest BCUT2D eigenvalue weighted by atomic mass is 32.2. The van der Waals surface area contributed by atoms with Gasteiger partial charge in [0.05, 0.1) is 23.8 Å². The lowest BCUT2D eigenvalue weighted by Crippen LogP contribution is -2.41. The maximum absolute atomic E-state index is 12.1. The lowest BCUT2D eigenvalue weighted by Gasteiger charge is -2.26. The Hall–Kier alpha value is -1.42. The van der Waals surface area contributed by atoms with Gasteiger partial charge >= 0.3 is 0 Å². The van der Waals surface area contributed by atoms with Gasteiger partial charge in [-0.3, -0.25) is 9.69 Å². The van der Waals surface area contributed by atoms with E-state index in [1.54, 1.807) is 11.3 Å². The highest BCUT2D eigenvalue weighted by molar-refractivity contribution is 7.99. The van der Waals surface area contributed by atoms with Crippen LogP contribution < -0.4 is 5.32 Å². The minimum Gasteiger partial charge on any atom is -0.379 e. The molecule has 1 fully saturated rings. The molecule has 1 amide bonds. The van der Waals surface area contributed by atoms with E-state index in [2.05, 4.69) is 31.9 Å². The summed E-state index contributed by atoms with van der Waals surface area (Å²) >= 11 is 3.07. The van der Waals surface area contributed by atoms with Gasteiger partial charge in [0, 0.05) is 32.7 Å². The Kier molecular flexibility index (Phi) is 6.85. The molecular formula is C16H23N5O2S2. The van der Waals surface area contributed by atoms with E-state index in [0.717, 1.165) is 55.3 Å². The van der Waals surface area contributed by atoms with E-state index in [4.69, 9.17) is 4.74 Å². The maximum atomic E-state index is 12.1. The summed E-state index contributed by atoms with van der Waals surface area (Å²) in [7, 11) is 0. The predicted molar refractivity (Wildman–Crippen MR) is 100 cm³/mol. The van der Waals surface area contributed by atoms with Crippen LogP contribution in [0.15, 0.2) is 22.7 Å². The molecule has 9 heteroatoms. The first-order chi connectivity index (χ1) is 12.3. The standard InChI is InChI=1S/C16H23N5O2S2/c1-2-21-15(13-4-3-11-24-13)18-19-16(21)25-12-14(22)17-5-6-20-7-9-23-10-8-20/h3-4,11H,2,5-10,12H2,1H3,(H,17,22). The molecule has 2 aromatic rings. The Morgan fingerprint density at radius 1 is 1.40 bits per heavy atom. The first-order valence-electron chi connectivity index (χ1n) is 8.44. The molecule has 1 aliphatic heterocycles. The Bertz CT molecular complexity index is 668. The molecule has 25 heavy (non-hydrogen) atoms. The van der Waals surface area contributed by atoms with Crippen LogP contribution in [0, 0.1) is 0 Å². The third-order valence-corrected chi connectivity index (χ3v) is 5.79. The van der Waals surface area contributed by atoms with Gasteiger partial charge in [0.2, 0.25) is 5.91 Å². The molecule has 1 saturated heterocycles. The smallest absolute Gasteiger partial charge is 0.230 e. The number of hydrogen-bond donors (Lipinski definition) is 1. The fourth-order valence-corrected chi connectivity index (χ4v) is 4.18. The molecule has 0 aliphatic carbocycles. The quantitative estimate of drug-likeness (QED) is 0.700. The highest BCUT2D eigenvalue weighted by Gasteiger charge is 2.15. The fourth-order valence-electron chi connectivity index (χ4n) is 2.63. The number of ether oxygens (including phenoxy) is 1. The van der Waals surface area contributed by atoms with E-state index >= 15 is 0 Å². The van der Waals surface area contributed by atoms with Crippen LogP contribution in [0.5, 0.6) is 0 Å². The molecule has 136 valence electrons. The molecule has 0 saturated carbocycles. The number of carbonyl (C=O) groups excluding carboxylic acids is 1.